The van der Waals surface area contributed by atoms with E-state index in [2.05, 4.69) is 58.4 Å². The van der Waals surface area contributed by atoms with E-state index in [1.165, 1.54) is 42.6 Å². The van der Waals surface area contributed by atoms with Crippen molar-refractivity contribution in [3.05, 3.63) is 60.0 Å². The molecule has 0 spiro atoms. The number of aryl methyl sites for hydroxylation is 1. The third-order valence-electron chi connectivity index (χ3n) is 5.07. The molecule has 0 aliphatic carbocycles. The summed E-state index contributed by atoms with van der Waals surface area (Å²) in [5.41, 5.74) is 4.76. The van der Waals surface area contributed by atoms with Crippen molar-refractivity contribution in [3.8, 4) is 22.6 Å². The smallest absolute Gasteiger partial charge is 0.247 e. The molecule has 4 nitrogen and oxygen atoms in total. The second-order valence-corrected chi connectivity index (χ2v) is 6.74. The summed E-state index contributed by atoms with van der Waals surface area (Å²) in [6.07, 6.45) is 2.66. The van der Waals surface area contributed by atoms with Crippen LogP contribution in [0.5, 0.6) is 0 Å². The molecule has 0 radical (unpaired) electrons. The molecule has 4 heteroatoms. The van der Waals surface area contributed by atoms with Crippen LogP contribution in [0.15, 0.2) is 52.9 Å². The molecule has 3 aromatic rings. The highest BCUT2D eigenvalue weighted by Gasteiger charge is 2.19. The minimum absolute atomic E-state index is 0.500. The third kappa shape index (κ3) is 3.35. The predicted octanol–water partition coefficient (Wildman–Crippen LogP) is 4.87. The van der Waals surface area contributed by atoms with Gasteiger partial charge in [0.15, 0.2) is 0 Å². The molecule has 0 N–H and O–H groups in total. The van der Waals surface area contributed by atoms with Crippen molar-refractivity contribution in [1.82, 2.24) is 15.1 Å². The van der Waals surface area contributed by atoms with Crippen molar-refractivity contribution >= 4 is 0 Å². The Morgan fingerprint density at radius 2 is 1.40 bits per heavy atom. The van der Waals surface area contributed by atoms with Crippen molar-refractivity contribution < 1.29 is 4.42 Å². The number of likely N-dealkylation sites (tertiary alicyclic amines) is 1. The molecule has 1 saturated heterocycles. The summed E-state index contributed by atoms with van der Waals surface area (Å²) in [7, 11) is 0. The van der Waals surface area contributed by atoms with Crippen LogP contribution < -0.4 is 0 Å². The van der Waals surface area contributed by atoms with E-state index in [4.69, 9.17) is 4.42 Å². The molecule has 0 unspecified atom stereocenters. The number of benzene rings is 2. The first-order valence-corrected chi connectivity index (χ1v) is 8.95. The molecule has 1 aliphatic rings. The SMILES string of the molecule is Cc1nnc(-c2ccc(-c3ccc([C@@H](C)N4CCCC4)cc3)cc2)o1. The Bertz CT molecular complexity index is 830. The Labute approximate surface area is 148 Å². The summed E-state index contributed by atoms with van der Waals surface area (Å²) in [6.45, 7) is 6.55. The topological polar surface area (TPSA) is 42.2 Å². The fourth-order valence-electron chi connectivity index (χ4n) is 3.51. The van der Waals surface area contributed by atoms with Crippen LogP contribution in [0.25, 0.3) is 22.6 Å². The third-order valence-corrected chi connectivity index (χ3v) is 5.07. The van der Waals surface area contributed by atoms with Gasteiger partial charge in [0.1, 0.15) is 0 Å². The quantitative estimate of drug-likeness (QED) is 0.683. The Balaban J connectivity index is 1.51. The average molecular weight is 333 g/mol. The largest absolute Gasteiger partial charge is 0.421 e. The van der Waals surface area contributed by atoms with Crippen molar-refractivity contribution in [3.63, 3.8) is 0 Å². The summed E-state index contributed by atoms with van der Waals surface area (Å²) >= 11 is 0. The van der Waals surface area contributed by atoms with E-state index in [0.29, 0.717) is 17.8 Å². The van der Waals surface area contributed by atoms with E-state index in [-0.39, 0.29) is 0 Å². The Kier molecular flexibility index (Phi) is 4.36. The van der Waals surface area contributed by atoms with Crippen LogP contribution in [0.4, 0.5) is 0 Å². The monoisotopic (exact) mass is 333 g/mol. The summed E-state index contributed by atoms with van der Waals surface area (Å²) in [5, 5.41) is 7.95. The Hall–Kier alpha value is -2.46. The fourth-order valence-corrected chi connectivity index (χ4v) is 3.51. The van der Waals surface area contributed by atoms with E-state index >= 15 is 0 Å². The highest BCUT2D eigenvalue weighted by Crippen LogP contribution is 2.28. The van der Waals surface area contributed by atoms with Gasteiger partial charge >= 0.3 is 0 Å². The molecule has 0 bridgehead atoms. The molecule has 1 aliphatic heterocycles. The first kappa shape index (κ1) is 16.0. The van der Waals surface area contributed by atoms with Crippen molar-refractivity contribution in [2.45, 2.75) is 32.7 Å². The summed E-state index contributed by atoms with van der Waals surface area (Å²) in [6, 6.07) is 17.7. The lowest BCUT2D eigenvalue weighted by Crippen LogP contribution is -2.23. The molecule has 1 aromatic heterocycles. The minimum Gasteiger partial charge on any atom is -0.421 e. The van der Waals surface area contributed by atoms with Gasteiger partial charge in [0.25, 0.3) is 0 Å². The summed E-state index contributed by atoms with van der Waals surface area (Å²) in [5.74, 6) is 1.15. The van der Waals surface area contributed by atoms with Gasteiger partial charge in [0.05, 0.1) is 0 Å². The zero-order chi connectivity index (χ0) is 17.2. The van der Waals surface area contributed by atoms with Crippen LogP contribution in [-0.4, -0.2) is 28.2 Å². The maximum atomic E-state index is 5.48. The van der Waals surface area contributed by atoms with Gasteiger partial charge in [-0.3, -0.25) is 4.90 Å². The van der Waals surface area contributed by atoms with Gasteiger partial charge in [-0.2, -0.15) is 0 Å². The van der Waals surface area contributed by atoms with Gasteiger partial charge in [-0.15, -0.1) is 10.2 Å². The number of hydrogen-bond acceptors (Lipinski definition) is 4. The van der Waals surface area contributed by atoms with Crippen LogP contribution in [-0.2, 0) is 0 Å². The molecular weight excluding hydrogens is 310 g/mol. The number of hydrogen-bond donors (Lipinski definition) is 0. The molecule has 128 valence electrons. The molecule has 2 aromatic carbocycles. The first-order chi connectivity index (χ1) is 12.2. The van der Waals surface area contributed by atoms with Crippen LogP contribution in [0.3, 0.4) is 0 Å². The number of nitrogens with zero attached hydrogens (tertiary/aromatic N) is 3. The second-order valence-electron chi connectivity index (χ2n) is 6.74. The molecule has 4 rings (SSSR count). The minimum atomic E-state index is 0.500. The van der Waals surface area contributed by atoms with Crippen LogP contribution in [0.1, 0.15) is 37.3 Å². The first-order valence-electron chi connectivity index (χ1n) is 8.95. The van der Waals surface area contributed by atoms with Gasteiger partial charge in [0.2, 0.25) is 11.8 Å². The summed E-state index contributed by atoms with van der Waals surface area (Å²) in [4.78, 5) is 2.57. The Morgan fingerprint density at radius 3 is 1.96 bits per heavy atom. The van der Waals surface area contributed by atoms with Gasteiger partial charge in [-0.05, 0) is 61.7 Å². The van der Waals surface area contributed by atoms with Gasteiger partial charge < -0.3 is 4.42 Å². The van der Waals surface area contributed by atoms with Gasteiger partial charge in [0, 0.05) is 18.5 Å². The number of rotatable bonds is 4. The predicted molar refractivity (Wildman–Crippen MR) is 99.1 cm³/mol. The molecule has 2 heterocycles. The van der Waals surface area contributed by atoms with Crippen LogP contribution >= 0.6 is 0 Å². The maximum absolute atomic E-state index is 5.48. The average Bonchev–Trinajstić information content (AvgIpc) is 3.33. The highest BCUT2D eigenvalue weighted by atomic mass is 16.4. The van der Waals surface area contributed by atoms with Crippen LogP contribution in [0.2, 0.25) is 0 Å². The van der Waals surface area contributed by atoms with E-state index in [0.717, 1.165) is 5.56 Å². The zero-order valence-electron chi connectivity index (χ0n) is 14.8. The van der Waals surface area contributed by atoms with E-state index in [1.807, 2.05) is 12.1 Å². The Morgan fingerprint density at radius 1 is 0.840 bits per heavy atom. The second kappa shape index (κ2) is 6.81. The van der Waals surface area contributed by atoms with Crippen molar-refractivity contribution in [2.24, 2.45) is 0 Å². The van der Waals surface area contributed by atoms with E-state index < -0.39 is 0 Å². The van der Waals surface area contributed by atoms with Crippen LogP contribution in [0, 0.1) is 6.92 Å². The van der Waals surface area contributed by atoms with Crippen molar-refractivity contribution in [2.75, 3.05) is 13.1 Å². The molecule has 0 amide bonds. The number of aromatic nitrogens is 2. The standard InChI is InChI=1S/C21H23N3O/c1-15(24-13-3-4-14-24)17-5-7-18(8-6-17)19-9-11-20(12-10-19)21-23-22-16(2)25-21/h5-12,15H,3-4,13-14H2,1-2H3/t15-/m1/s1. The molecule has 1 atom stereocenters. The zero-order valence-corrected chi connectivity index (χ0v) is 14.8. The summed E-state index contributed by atoms with van der Waals surface area (Å²) < 4.78 is 5.48. The maximum Gasteiger partial charge on any atom is 0.247 e. The molecular formula is C21H23N3O. The lowest BCUT2D eigenvalue weighted by Gasteiger charge is -2.24. The fraction of sp³-hybridized carbons (Fsp3) is 0.333. The highest BCUT2D eigenvalue weighted by molar-refractivity contribution is 5.67. The lowest BCUT2D eigenvalue weighted by molar-refractivity contribution is 0.263. The van der Waals surface area contributed by atoms with Crippen molar-refractivity contribution in [1.29, 1.82) is 0 Å². The normalized spacial score (nSPS) is 16.2. The van der Waals surface area contributed by atoms with E-state index in [1.54, 1.807) is 6.92 Å². The van der Waals surface area contributed by atoms with Gasteiger partial charge in [-0.25, -0.2) is 0 Å². The van der Waals surface area contributed by atoms with E-state index in [9.17, 15) is 0 Å². The lowest BCUT2D eigenvalue weighted by atomic mass is 10.00. The molecule has 1 fully saturated rings. The van der Waals surface area contributed by atoms with Gasteiger partial charge in [-0.1, -0.05) is 36.4 Å². The molecule has 25 heavy (non-hydrogen) atoms. The molecule has 0 saturated carbocycles.